The Morgan fingerprint density at radius 2 is 2.08 bits per heavy atom. The summed E-state index contributed by atoms with van der Waals surface area (Å²) in [5.41, 5.74) is 0.266. The maximum absolute atomic E-state index is 11.8. The van der Waals surface area contributed by atoms with Gasteiger partial charge in [-0.15, -0.1) is 0 Å². The van der Waals surface area contributed by atoms with Crippen LogP contribution in [0.1, 0.15) is 23.4 Å². The van der Waals surface area contributed by atoms with E-state index in [-0.39, 0.29) is 23.9 Å². The van der Waals surface area contributed by atoms with Gasteiger partial charge in [0.2, 0.25) is 5.89 Å². The topological polar surface area (TPSA) is 103 Å². The smallest absolute Gasteiger partial charge is 0.285 e. The van der Waals surface area contributed by atoms with E-state index in [0.29, 0.717) is 17.1 Å². The number of ether oxygens (including phenoxy) is 1. The lowest BCUT2D eigenvalue weighted by Gasteiger charge is -2.09. The van der Waals surface area contributed by atoms with Crippen molar-refractivity contribution in [3.05, 3.63) is 69.2 Å². The van der Waals surface area contributed by atoms with E-state index in [4.69, 9.17) is 20.9 Å². The lowest BCUT2D eigenvalue weighted by atomic mass is 10.1. The van der Waals surface area contributed by atoms with Crippen molar-refractivity contribution < 1.29 is 14.4 Å². The normalized spacial score (nSPS) is 12.1. The third-order valence-electron chi connectivity index (χ3n) is 3.54. The Morgan fingerprint density at radius 1 is 1.32 bits per heavy atom. The van der Waals surface area contributed by atoms with Crippen molar-refractivity contribution in [2.45, 2.75) is 19.1 Å². The van der Waals surface area contributed by atoms with Crippen LogP contribution in [0.4, 0.5) is 0 Å². The SMILES string of the molecule is COc1ccc([C@@H](O)Cc2noc(Cn3nccc(Cl)c3=O)n2)cc1. The van der Waals surface area contributed by atoms with Crippen molar-refractivity contribution in [2.75, 3.05) is 7.11 Å². The zero-order valence-electron chi connectivity index (χ0n) is 13.3. The van der Waals surface area contributed by atoms with Crippen LogP contribution in [0, 0.1) is 0 Å². The maximum atomic E-state index is 11.8. The molecule has 0 saturated carbocycles. The molecule has 0 fully saturated rings. The molecule has 0 aliphatic carbocycles. The van der Waals surface area contributed by atoms with Crippen LogP contribution in [-0.2, 0) is 13.0 Å². The van der Waals surface area contributed by atoms with E-state index in [2.05, 4.69) is 15.2 Å². The molecule has 0 radical (unpaired) electrons. The average Bonchev–Trinajstić information content (AvgIpc) is 3.06. The van der Waals surface area contributed by atoms with Crippen molar-refractivity contribution in [1.29, 1.82) is 0 Å². The van der Waals surface area contributed by atoms with Crippen molar-refractivity contribution in [3.8, 4) is 5.75 Å². The number of methoxy groups -OCH3 is 1. The van der Waals surface area contributed by atoms with Gasteiger partial charge < -0.3 is 14.4 Å². The zero-order chi connectivity index (χ0) is 17.8. The fourth-order valence-corrected chi connectivity index (χ4v) is 2.38. The Labute approximate surface area is 147 Å². The second kappa shape index (κ2) is 7.45. The number of benzene rings is 1. The number of aliphatic hydroxyl groups is 1. The molecule has 0 aliphatic rings. The summed E-state index contributed by atoms with van der Waals surface area (Å²) in [4.78, 5) is 16.0. The molecular formula is C16H15ClN4O4. The molecule has 0 saturated heterocycles. The Hall–Kier alpha value is -2.71. The molecule has 130 valence electrons. The molecule has 8 nitrogen and oxygen atoms in total. The molecule has 3 aromatic rings. The summed E-state index contributed by atoms with van der Waals surface area (Å²) in [6.07, 6.45) is 0.797. The number of aromatic nitrogens is 4. The molecule has 1 aromatic carbocycles. The minimum atomic E-state index is -0.789. The first-order valence-corrected chi connectivity index (χ1v) is 7.79. The Bertz CT molecular complexity index is 907. The highest BCUT2D eigenvalue weighted by Gasteiger charge is 2.15. The van der Waals surface area contributed by atoms with E-state index in [9.17, 15) is 9.90 Å². The predicted molar refractivity (Wildman–Crippen MR) is 88.6 cm³/mol. The lowest BCUT2D eigenvalue weighted by Crippen LogP contribution is -2.23. The molecule has 0 unspecified atom stereocenters. The van der Waals surface area contributed by atoms with Gasteiger partial charge in [0, 0.05) is 12.6 Å². The summed E-state index contributed by atoms with van der Waals surface area (Å²) in [6, 6.07) is 8.46. The quantitative estimate of drug-likeness (QED) is 0.710. The minimum Gasteiger partial charge on any atom is -0.497 e. The first-order valence-electron chi connectivity index (χ1n) is 7.42. The Morgan fingerprint density at radius 3 is 2.80 bits per heavy atom. The van der Waals surface area contributed by atoms with Gasteiger partial charge in [-0.3, -0.25) is 4.79 Å². The molecule has 3 rings (SSSR count). The summed E-state index contributed by atoms with van der Waals surface area (Å²) in [5.74, 6) is 1.24. The molecule has 2 aromatic heterocycles. The third kappa shape index (κ3) is 4.04. The van der Waals surface area contributed by atoms with Crippen LogP contribution in [-0.4, -0.2) is 32.1 Å². The number of rotatable bonds is 6. The highest BCUT2D eigenvalue weighted by Crippen LogP contribution is 2.20. The molecule has 2 heterocycles. The largest absolute Gasteiger partial charge is 0.497 e. The van der Waals surface area contributed by atoms with Gasteiger partial charge in [0.25, 0.3) is 5.56 Å². The number of aliphatic hydroxyl groups excluding tert-OH is 1. The monoisotopic (exact) mass is 362 g/mol. The zero-order valence-corrected chi connectivity index (χ0v) is 14.1. The van der Waals surface area contributed by atoms with E-state index in [1.54, 1.807) is 31.4 Å². The van der Waals surface area contributed by atoms with E-state index < -0.39 is 11.7 Å². The molecule has 1 N–H and O–H groups in total. The first kappa shape index (κ1) is 17.1. The number of halogens is 1. The highest BCUT2D eigenvalue weighted by atomic mass is 35.5. The summed E-state index contributed by atoms with van der Waals surface area (Å²) in [7, 11) is 1.58. The molecule has 0 bridgehead atoms. The molecule has 9 heteroatoms. The van der Waals surface area contributed by atoms with Gasteiger partial charge in [-0.05, 0) is 23.8 Å². The lowest BCUT2D eigenvalue weighted by molar-refractivity contribution is 0.174. The van der Waals surface area contributed by atoms with Crippen LogP contribution in [0.15, 0.2) is 45.8 Å². The fraction of sp³-hybridized carbons (Fsp3) is 0.250. The standard InChI is InChI=1S/C16H15ClN4O4/c1-24-11-4-2-10(3-5-11)13(22)8-14-19-15(25-20-14)9-21-16(23)12(17)6-7-18-21/h2-7,13,22H,8-9H2,1H3/t13-/m0/s1. The average molecular weight is 363 g/mol. The van der Waals surface area contributed by atoms with E-state index in [0.717, 1.165) is 4.68 Å². The van der Waals surface area contributed by atoms with Gasteiger partial charge in [0.1, 0.15) is 17.3 Å². The summed E-state index contributed by atoms with van der Waals surface area (Å²) in [5, 5.41) is 18.0. The fourth-order valence-electron chi connectivity index (χ4n) is 2.22. The molecule has 0 aliphatic heterocycles. The molecule has 0 spiro atoms. The van der Waals surface area contributed by atoms with Crippen LogP contribution in [0.3, 0.4) is 0 Å². The van der Waals surface area contributed by atoms with Crippen molar-refractivity contribution in [2.24, 2.45) is 0 Å². The van der Waals surface area contributed by atoms with Crippen LogP contribution in [0.2, 0.25) is 5.02 Å². The third-order valence-corrected chi connectivity index (χ3v) is 3.82. The van der Waals surface area contributed by atoms with E-state index >= 15 is 0 Å². The van der Waals surface area contributed by atoms with Crippen molar-refractivity contribution in [3.63, 3.8) is 0 Å². The summed E-state index contributed by atoms with van der Waals surface area (Å²) < 4.78 is 11.3. The second-order valence-electron chi connectivity index (χ2n) is 5.24. The van der Waals surface area contributed by atoms with Crippen LogP contribution in [0.5, 0.6) is 5.75 Å². The summed E-state index contributed by atoms with van der Waals surface area (Å²) >= 11 is 5.76. The minimum absolute atomic E-state index is 0.00498. The van der Waals surface area contributed by atoms with Crippen LogP contribution in [0.25, 0.3) is 0 Å². The summed E-state index contributed by atoms with van der Waals surface area (Å²) in [6.45, 7) is 0.00498. The van der Waals surface area contributed by atoms with Crippen LogP contribution >= 0.6 is 11.6 Å². The van der Waals surface area contributed by atoms with Crippen molar-refractivity contribution >= 4 is 11.6 Å². The predicted octanol–water partition coefficient (Wildman–Crippen LogP) is 1.61. The molecule has 1 atom stereocenters. The van der Waals surface area contributed by atoms with Gasteiger partial charge in [0.05, 0.1) is 13.2 Å². The highest BCUT2D eigenvalue weighted by molar-refractivity contribution is 6.30. The molecule has 25 heavy (non-hydrogen) atoms. The van der Waals surface area contributed by atoms with Gasteiger partial charge in [-0.1, -0.05) is 28.9 Å². The Balaban J connectivity index is 1.68. The van der Waals surface area contributed by atoms with Gasteiger partial charge in [-0.2, -0.15) is 10.1 Å². The second-order valence-corrected chi connectivity index (χ2v) is 5.65. The number of hydrogen-bond donors (Lipinski definition) is 1. The van der Waals surface area contributed by atoms with Gasteiger partial charge in [-0.25, -0.2) is 4.68 Å². The maximum Gasteiger partial charge on any atom is 0.285 e. The van der Waals surface area contributed by atoms with Gasteiger partial charge in [0.15, 0.2) is 5.82 Å². The van der Waals surface area contributed by atoms with Crippen LogP contribution < -0.4 is 10.3 Å². The molecular weight excluding hydrogens is 348 g/mol. The Kier molecular flexibility index (Phi) is 5.11. The molecule has 0 amide bonds. The van der Waals surface area contributed by atoms with E-state index in [1.807, 2.05) is 0 Å². The number of nitrogens with zero attached hydrogens (tertiary/aromatic N) is 4. The first-order chi connectivity index (χ1) is 12.1. The number of hydrogen-bond acceptors (Lipinski definition) is 7. The van der Waals surface area contributed by atoms with Gasteiger partial charge >= 0.3 is 0 Å². The van der Waals surface area contributed by atoms with E-state index in [1.165, 1.54) is 12.3 Å². The van der Waals surface area contributed by atoms with Crippen molar-refractivity contribution in [1.82, 2.24) is 19.9 Å².